The molecule has 1 amide bonds. The van der Waals surface area contributed by atoms with Crippen LogP contribution in [0, 0.1) is 0 Å². The van der Waals surface area contributed by atoms with E-state index in [1.54, 1.807) is 0 Å². The fraction of sp³-hybridized carbons (Fsp3) is 0.364. The van der Waals surface area contributed by atoms with Crippen molar-refractivity contribution in [3.63, 3.8) is 0 Å². The number of benzene rings is 2. The van der Waals surface area contributed by atoms with Crippen LogP contribution in [0.2, 0.25) is 0 Å². The summed E-state index contributed by atoms with van der Waals surface area (Å²) in [5.74, 6) is 1.35. The maximum absolute atomic E-state index is 12.7. The van der Waals surface area contributed by atoms with Crippen molar-refractivity contribution in [2.75, 3.05) is 32.1 Å². The molecule has 5 heteroatoms. The van der Waals surface area contributed by atoms with E-state index in [9.17, 15) is 4.79 Å². The Morgan fingerprint density at radius 1 is 1.07 bits per heavy atom. The average Bonchev–Trinajstić information content (AvgIpc) is 3.23. The first kappa shape index (κ1) is 17.7. The third-order valence-electron chi connectivity index (χ3n) is 5.23. The number of imidazole rings is 1. The van der Waals surface area contributed by atoms with Crippen LogP contribution < -0.4 is 4.90 Å². The van der Waals surface area contributed by atoms with E-state index >= 15 is 0 Å². The van der Waals surface area contributed by atoms with E-state index in [4.69, 9.17) is 4.98 Å². The molecule has 1 aliphatic rings. The Labute approximate surface area is 160 Å². The summed E-state index contributed by atoms with van der Waals surface area (Å²) in [6.45, 7) is 2.65. The van der Waals surface area contributed by atoms with Crippen LogP contribution in [-0.4, -0.2) is 47.5 Å². The Morgan fingerprint density at radius 3 is 2.59 bits per heavy atom. The Bertz CT molecular complexity index is 932. The predicted molar refractivity (Wildman–Crippen MR) is 109 cm³/mol. The van der Waals surface area contributed by atoms with Crippen molar-refractivity contribution in [3.05, 3.63) is 60.4 Å². The first-order valence-electron chi connectivity index (χ1n) is 9.59. The normalized spacial score (nSPS) is 17.4. The molecule has 0 N–H and O–H groups in total. The van der Waals surface area contributed by atoms with Gasteiger partial charge in [0.25, 0.3) is 0 Å². The van der Waals surface area contributed by atoms with Crippen LogP contribution >= 0.6 is 0 Å². The largest absolute Gasteiger partial charge is 0.328 e. The smallest absolute Gasteiger partial charge is 0.227 e. The number of para-hydroxylation sites is 3. The highest BCUT2D eigenvalue weighted by molar-refractivity contribution is 5.96. The Balaban J connectivity index is 1.64. The fourth-order valence-electron chi connectivity index (χ4n) is 3.92. The van der Waals surface area contributed by atoms with E-state index in [1.807, 2.05) is 41.3 Å². The Morgan fingerprint density at radius 2 is 1.81 bits per heavy atom. The standard InChI is InChI=1S/C22H26N4O/c1-24(2)13-8-14-25-20-12-7-6-11-19(20)23-22(25)17-15-21(27)26(16-17)18-9-4-3-5-10-18/h3-7,9-12,17H,8,13-16H2,1-2H3/t17-/m1/s1. The summed E-state index contributed by atoms with van der Waals surface area (Å²) < 4.78 is 2.32. The monoisotopic (exact) mass is 362 g/mol. The molecule has 0 radical (unpaired) electrons. The van der Waals surface area contributed by atoms with Gasteiger partial charge in [0.05, 0.1) is 11.0 Å². The predicted octanol–water partition coefficient (Wildman–Crippen LogP) is 3.51. The van der Waals surface area contributed by atoms with Gasteiger partial charge in [-0.25, -0.2) is 4.98 Å². The van der Waals surface area contributed by atoms with E-state index < -0.39 is 0 Å². The molecule has 2 aromatic carbocycles. The molecule has 2 heterocycles. The lowest BCUT2D eigenvalue weighted by Gasteiger charge is -2.18. The number of hydrogen-bond acceptors (Lipinski definition) is 3. The highest BCUT2D eigenvalue weighted by Gasteiger charge is 2.34. The number of fused-ring (bicyclic) bond motifs is 1. The molecule has 1 aliphatic heterocycles. The van der Waals surface area contributed by atoms with Crippen molar-refractivity contribution in [2.45, 2.75) is 25.3 Å². The molecule has 1 fully saturated rings. The number of aryl methyl sites for hydroxylation is 1. The number of aromatic nitrogens is 2. The van der Waals surface area contributed by atoms with Gasteiger partial charge in [0.15, 0.2) is 0 Å². The molecule has 0 unspecified atom stereocenters. The molecule has 5 nitrogen and oxygen atoms in total. The van der Waals surface area contributed by atoms with Gasteiger partial charge in [-0.05, 0) is 51.3 Å². The zero-order valence-electron chi connectivity index (χ0n) is 16.0. The molecule has 1 aromatic heterocycles. The number of amides is 1. The SMILES string of the molecule is CN(C)CCCn1c([C@@H]2CC(=O)N(c3ccccc3)C2)nc2ccccc21. The van der Waals surface area contributed by atoms with Crippen molar-refractivity contribution in [2.24, 2.45) is 0 Å². The van der Waals surface area contributed by atoms with Gasteiger partial charge in [-0.2, -0.15) is 0 Å². The van der Waals surface area contributed by atoms with E-state index in [0.29, 0.717) is 13.0 Å². The molecule has 0 bridgehead atoms. The number of hydrogen-bond donors (Lipinski definition) is 0. The van der Waals surface area contributed by atoms with Crippen LogP contribution in [0.25, 0.3) is 11.0 Å². The number of rotatable bonds is 6. The van der Waals surface area contributed by atoms with Crippen molar-refractivity contribution in [1.29, 1.82) is 0 Å². The lowest BCUT2D eigenvalue weighted by Crippen LogP contribution is -2.24. The van der Waals surface area contributed by atoms with Crippen LogP contribution in [0.5, 0.6) is 0 Å². The van der Waals surface area contributed by atoms with Crippen molar-refractivity contribution < 1.29 is 4.79 Å². The number of nitrogens with zero attached hydrogens (tertiary/aromatic N) is 4. The Kier molecular flexibility index (Phi) is 4.94. The van der Waals surface area contributed by atoms with Crippen LogP contribution in [0.3, 0.4) is 0 Å². The van der Waals surface area contributed by atoms with Crippen molar-refractivity contribution >= 4 is 22.6 Å². The van der Waals surface area contributed by atoms with E-state index in [-0.39, 0.29) is 11.8 Å². The minimum atomic E-state index is 0.129. The summed E-state index contributed by atoms with van der Waals surface area (Å²) in [7, 11) is 4.20. The van der Waals surface area contributed by atoms with Crippen molar-refractivity contribution in [1.82, 2.24) is 14.5 Å². The molecular weight excluding hydrogens is 336 g/mol. The van der Waals surface area contributed by atoms with Gasteiger partial charge in [0, 0.05) is 31.1 Å². The van der Waals surface area contributed by atoms with Gasteiger partial charge in [-0.15, -0.1) is 0 Å². The minimum absolute atomic E-state index is 0.129. The first-order chi connectivity index (χ1) is 13.1. The fourth-order valence-corrected chi connectivity index (χ4v) is 3.92. The molecule has 27 heavy (non-hydrogen) atoms. The van der Waals surface area contributed by atoms with Gasteiger partial charge in [-0.1, -0.05) is 30.3 Å². The van der Waals surface area contributed by atoms with E-state index in [1.165, 1.54) is 0 Å². The summed E-state index contributed by atoms with van der Waals surface area (Å²) in [6.07, 6.45) is 1.58. The summed E-state index contributed by atoms with van der Waals surface area (Å²) >= 11 is 0. The molecule has 0 aliphatic carbocycles. The number of carbonyl (C=O) groups excluding carboxylic acids is 1. The zero-order chi connectivity index (χ0) is 18.8. The molecule has 4 rings (SSSR count). The van der Waals surface area contributed by atoms with Crippen molar-refractivity contribution in [3.8, 4) is 0 Å². The van der Waals surface area contributed by atoms with Gasteiger partial charge in [-0.3, -0.25) is 4.79 Å². The second-order valence-corrected chi connectivity index (χ2v) is 7.51. The summed E-state index contributed by atoms with van der Waals surface area (Å²) in [5.41, 5.74) is 3.15. The van der Waals surface area contributed by atoms with Gasteiger partial charge in [0.1, 0.15) is 5.82 Å². The third-order valence-corrected chi connectivity index (χ3v) is 5.23. The quantitative estimate of drug-likeness (QED) is 0.674. The minimum Gasteiger partial charge on any atom is -0.328 e. The zero-order valence-corrected chi connectivity index (χ0v) is 16.0. The summed E-state index contributed by atoms with van der Waals surface area (Å²) in [6, 6.07) is 18.2. The maximum atomic E-state index is 12.7. The molecule has 140 valence electrons. The van der Waals surface area contributed by atoms with Gasteiger partial charge < -0.3 is 14.4 Å². The number of carbonyl (C=O) groups is 1. The van der Waals surface area contributed by atoms with Gasteiger partial charge >= 0.3 is 0 Å². The van der Waals surface area contributed by atoms with Crippen LogP contribution in [0.15, 0.2) is 54.6 Å². The Hall–Kier alpha value is -2.66. The molecule has 1 atom stereocenters. The lowest BCUT2D eigenvalue weighted by molar-refractivity contribution is -0.117. The summed E-state index contributed by atoms with van der Waals surface area (Å²) in [4.78, 5) is 21.7. The summed E-state index contributed by atoms with van der Waals surface area (Å²) in [5, 5.41) is 0. The number of anilines is 1. The third kappa shape index (κ3) is 3.60. The van der Waals surface area contributed by atoms with Gasteiger partial charge in [0.2, 0.25) is 5.91 Å². The van der Waals surface area contributed by atoms with E-state index in [0.717, 1.165) is 42.1 Å². The highest BCUT2D eigenvalue weighted by Crippen LogP contribution is 2.33. The molecule has 1 saturated heterocycles. The second-order valence-electron chi connectivity index (χ2n) is 7.51. The topological polar surface area (TPSA) is 41.4 Å². The maximum Gasteiger partial charge on any atom is 0.227 e. The van der Waals surface area contributed by atoms with E-state index in [2.05, 4.69) is 41.8 Å². The lowest BCUT2D eigenvalue weighted by atomic mass is 10.1. The second kappa shape index (κ2) is 7.53. The molecule has 3 aromatic rings. The molecule has 0 saturated carbocycles. The van der Waals surface area contributed by atoms with Crippen LogP contribution in [0.1, 0.15) is 24.6 Å². The van der Waals surface area contributed by atoms with Crippen LogP contribution in [0.4, 0.5) is 5.69 Å². The van der Waals surface area contributed by atoms with Crippen LogP contribution in [-0.2, 0) is 11.3 Å². The highest BCUT2D eigenvalue weighted by atomic mass is 16.2. The average molecular weight is 362 g/mol. The first-order valence-corrected chi connectivity index (χ1v) is 9.59. The molecule has 0 spiro atoms. The molecular formula is C22H26N4O.